The number of anilines is 1. The minimum absolute atomic E-state index is 0.554. The van der Waals surface area contributed by atoms with Crippen LogP contribution in [0.15, 0.2) is 71.6 Å². The first-order chi connectivity index (χ1) is 22.0. The Hall–Kier alpha value is -3.74. The molecule has 1 aromatic heterocycles. The molecule has 0 saturated carbocycles. The summed E-state index contributed by atoms with van der Waals surface area (Å²) in [5.41, 5.74) is 2.97. The number of carboxylic acids is 1. The minimum atomic E-state index is -4.40. The van der Waals surface area contributed by atoms with Crippen LogP contribution in [0, 0.1) is 0 Å². The van der Waals surface area contributed by atoms with Gasteiger partial charge in [0.15, 0.2) is 6.10 Å². The molecule has 4 aromatic rings. The van der Waals surface area contributed by atoms with Crippen molar-refractivity contribution in [2.75, 3.05) is 38.2 Å². The second kappa shape index (κ2) is 14.8. The molecule has 1 aliphatic rings. The molecule has 12 heteroatoms. The Morgan fingerprint density at radius 2 is 1.74 bits per heavy atom. The van der Waals surface area contributed by atoms with E-state index in [0.717, 1.165) is 70.8 Å². The van der Waals surface area contributed by atoms with E-state index in [0.29, 0.717) is 35.0 Å². The van der Waals surface area contributed by atoms with E-state index in [2.05, 4.69) is 21.9 Å². The van der Waals surface area contributed by atoms with Crippen LogP contribution in [0.5, 0.6) is 11.5 Å². The standard InChI is InChI=1S/C34H36F3N3O4S2/c1-4-23-19-28(13-14-30(23)44-22(2)33(41)42)45-21-31-29(38-32(46-31)24-5-7-25(8-6-24)34(35,36)37)20-39-15-17-40(18-16-39)26-9-11-27(43-3)12-10-26/h5-14,19,22H,4,15-18,20-21H2,1-3H3,(H,41,42). The number of piperazine rings is 1. The summed E-state index contributed by atoms with van der Waals surface area (Å²) in [7, 11) is 1.65. The number of nitrogens with zero attached hydrogens (tertiary/aromatic N) is 3. The topological polar surface area (TPSA) is 75.1 Å². The van der Waals surface area contributed by atoms with Gasteiger partial charge in [-0.15, -0.1) is 23.1 Å². The molecular formula is C34H36F3N3O4S2. The predicted molar refractivity (Wildman–Crippen MR) is 176 cm³/mol. The van der Waals surface area contributed by atoms with Crippen molar-refractivity contribution in [2.45, 2.75) is 49.7 Å². The van der Waals surface area contributed by atoms with Crippen LogP contribution in [0.2, 0.25) is 0 Å². The fourth-order valence-corrected chi connectivity index (χ4v) is 7.28. The lowest BCUT2D eigenvalue weighted by atomic mass is 10.1. The predicted octanol–water partition coefficient (Wildman–Crippen LogP) is 7.87. The minimum Gasteiger partial charge on any atom is -0.497 e. The zero-order valence-electron chi connectivity index (χ0n) is 25.8. The number of carbonyl (C=O) groups is 1. The molecule has 1 unspecified atom stereocenters. The fourth-order valence-electron chi connectivity index (χ4n) is 5.14. The molecule has 1 saturated heterocycles. The van der Waals surface area contributed by atoms with Crippen molar-refractivity contribution in [1.29, 1.82) is 0 Å². The van der Waals surface area contributed by atoms with Crippen molar-refractivity contribution in [3.8, 4) is 22.1 Å². The molecule has 244 valence electrons. The molecule has 46 heavy (non-hydrogen) atoms. The number of ether oxygens (including phenoxy) is 2. The summed E-state index contributed by atoms with van der Waals surface area (Å²) >= 11 is 3.15. The van der Waals surface area contributed by atoms with E-state index in [1.807, 2.05) is 37.3 Å². The quantitative estimate of drug-likeness (QED) is 0.153. The summed E-state index contributed by atoms with van der Waals surface area (Å²) in [6.07, 6.45) is -4.67. The number of methoxy groups -OCH3 is 1. The number of benzene rings is 3. The van der Waals surface area contributed by atoms with Crippen LogP contribution in [0.25, 0.3) is 10.6 Å². The molecule has 2 heterocycles. The summed E-state index contributed by atoms with van der Waals surface area (Å²) in [6, 6.07) is 19.0. The lowest BCUT2D eigenvalue weighted by Gasteiger charge is -2.36. The van der Waals surface area contributed by atoms with Crippen LogP contribution >= 0.6 is 23.1 Å². The van der Waals surface area contributed by atoms with Gasteiger partial charge in [0.05, 0.1) is 18.4 Å². The van der Waals surface area contributed by atoms with Crippen LogP contribution in [0.4, 0.5) is 18.9 Å². The number of rotatable bonds is 12. The van der Waals surface area contributed by atoms with Gasteiger partial charge in [-0.1, -0.05) is 19.1 Å². The number of halogens is 3. The molecule has 1 fully saturated rings. The van der Waals surface area contributed by atoms with Gasteiger partial charge < -0.3 is 19.5 Å². The first-order valence-electron chi connectivity index (χ1n) is 15.0. The average molecular weight is 672 g/mol. The number of alkyl halides is 3. The molecule has 1 atom stereocenters. The molecule has 1 N–H and O–H groups in total. The molecule has 0 bridgehead atoms. The van der Waals surface area contributed by atoms with E-state index in [1.165, 1.54) is 30.4 Å². The van der Waals surface area contributed by atoms with Crippen LogP contribution in [-0.4, -0.2) is 60.4 Å². The smallest absolute Gasteiger partial charge is 0.416 e. The van der Waals surface area contributed by atoms with Crippen LogP contribution in [0.3, 0.4) is 0 Å². The summed E-state index contributed by atoms with van der Waals surface area (Å²) in [4.78, 5) is 23.0. The molecule has 1 aliphatic heterocycles. The van der Waals surface area contributed by atoms with Crippen LogP contribution < -0.4 is 14.4 Å². The fraction of sp³-hybridized carbons (Fsp3) is 0.353. The van der Waals surface area contributed by atoms with Gasteiger partial charge in [0, 0.05) is 59.5 Å². The molecule has 0 aliphatic carbocycles. The number of aromatic nitrogens is 1. The Morgan fingerprint density at radius 1 is 1.04 bits per heavy atom. The number of aryl methyl sites for hydroxylation is 1. The first kappa shape index (κ1) is 33.6. The maximum absolute atomic E-state index is 13.2. The Bertz CT molecular complexity index is 1620. The van der Waals surface area contributed by atoms with E-state index >= 15 is 0 Å². The maximum Gasteiger partial charge on any atom is 0.416 e. The van der Waals surface area contributed by atoms with Gasteiger partial charge in [-0.25, -0.2) is 9.78 Å². The van der Waals surface area contributed by atoms with Gasteiger partial charge in [-0.05, 0) is 73.5 Å². The van der Waals surface area contributed by atoms with Crippen molar-refractivity contribution in [3.05, 3.63) is 88.4 Å². The second-order valence-corrected chi connectivity index (χ2v) is 13.1. The van der Waals surface area contributed by atoms with Crippen LogP contribution in [0.1, 0.15) is 35.5 Å². The summed E-state index contributed by atoms with van der Waals surface area (Å²) in [6.45, 7) is 7.56. The van der Waals surface area contributed by atoms with E-state index in [4.69, 9.17) is 14.5 Å². The Balaban J connectivity index is 1.32. The molecule has 0 radical (unpaired) electrons. The number of aliphatic carboxylic acids is 1. The van der Waals surface area contributed by atoms with Crippen molar-refractivity contribution in [2.24, 2.45) is 0 Å². The number of carboxylic acid groups (broad SMARTS) is 1. The van der Waals surface area contributed by atoms with Crippen LogP contribution in [-0.2, 0) is 29.7 Å². The Kier molecular flexibility index (Phi) is 10.8. The third-order valence-electron chi connectivity index (χ3n) is 7.85. The highest BCUT2D eigenvalue weighted by atomic mass is 32.2. The van der Waals surface area contributed by atoms with E-state index in [1.54, 1.807) is 18.9 Å². The molecular weight excluding hydrogens is 636 g/mol. The summed E-state index contributed by atoms with van der Waals surface area (Å²) < 4.78 is 50.5. The van der Waals surface area contributed by atoms with Crippen molar-refractivity contribution in [1.82, 2.24) is 9.88 Å². The Labute approximate surface area is 275 Å². The third-order valence-corrected chi connectivity index (χ3v) is 10.2. The van der Waals surface area contributed by atoms with Gasteiger partial charge in [0.25, 0.3) is 0 Å². The summed E-state index contributed by atoms with van der Waals surface area (Å²) in [5, 5.41) is 9.93. The van der Waals surface area contributed by atoms with Gasteiger partial charge in [0.1, 0.15) is 16.5 Å². The number of hydrogen-bond donors (Lipinski definition) is 1. The van der Waals surface area contributed by atoms with E-state index in [-0.39, 0.29) is 0 Å². The highest BCUT2D eigenvalue weighted by molar-refractivity contribution is 7.98. The zero-order chi connectivity index (χ0) is 32.8. The van der Waals surface area contributed by atoms with Crippen molar-refractivity contribution < 1.29 is 32.5 Å². The highest BCUT2D eigenvalue weighted by Gasteiger charge is 2.30. The third kappa shape index (κ3) is 8.34. The number of thioether (sulfide) groups is 1. The van der Waals surface area contributed by atoms with Gasteiger partial charge in [0.2, 0.25) is 0 Å². The first-order valence-corrected chi connectivity index (χ1v) is 16.8. The maximum atomic E-state index is 13.2. The lowest BCUT2D eigenvalue weighted by molar-refractivity contribution is -0.144. The molecule has 0 amide bonds. The second-order valence-electron chi connectivity index (χ2n) is 10.9. The van der Waals surface area contributed by atoms with Crippen molar-refractivity contribution in [3.63, 3.8) is 0 Å². The monoisotopic (exact) mass is 671 g/mol. The molecule has 5 rings (SSSR count). The van der Waals surface area contributed by atoms with E-state index < -0.39 is 23.8 Å². The zero-order valence-corrected chi connectivity index (χ0v) is 27.5. The highest BCUT2D eigenvalue weighted by Crippen LogP contribution is 2.37. The number of hydrogen-bond acceptors (Lipinski definition) is 8. The van der Waals surface area contributed by atoms with Crippen molar-refractivity contribution >= 4 is 34.8 Å². The summed E-state index contributed by atoms with van der Waals surface area (Å²) in [5.74, 6) is 0.986. The molecule has 0 spiro atoms. The van der Waals surface area contributed by atoms with E-state index in [9.17, 15) is 23.1 Å². The lowest BCUT2D eigenvalue weighted by Crippen LogP contribution is -2.46. The normalized spacial score (nSPS) is 14.7. The average Bonchev–Trinajstić information content (AvgIpc) is 3.46. The molecule has 7 nitrogen and oxygen atoms in total. The Morgan fingerprint density at radius 3 is 2.35 bits per heavy atom. The molecule has 3 aromatic carbocycles. The number of thiazole rings is 1. The van der Waals surface area contributed by atoms with Gasteiger partial charge >= 0.3 is 12.1 Å². The largest absolute Gasteiger partial charge is 0.497 e. The van der Waals surface area contributed by atoms with Gasteiger partial charge in [-0.2, -0.15) is 13.2 Å². The van der Waals surface area contributed by atoms with Gasteiger partial charge in [-0.3, -0.25) is 4.90 Å². The SMILES string of the molecule is CCc1cc(SCc2sc(-c3ccc(C(F)(F)F)cc3)nc2CN2CCN(c3ccc(OC)cc3)CC2)ccc1OC(C)C(=O)O.